The average molecular weight is 574 g/mol. The van der Waals surface area contributed by atoms with Gasteiger partial charge in [-0.1, -0.05) is 47.5 Å². The predicted molar refractivity (Wildman–Crippen MR) is 153 cm³/mol. The van der Waals surface area contributed by atoms with Gasteiger partial charge in [0.2, 0.25) is 5.91 Å². The first-order valence-electron chi connectivity index (χ1n) is 12.0. The Morgan fingerprint density at radius 1 is 1.26 bits per heavy atom. The van der Waals surface area contributed by atoms with Crippen molar-refractivity contribution in [2.45, 2.75) is 32.5 Å². The molecule has 0 fully saturated rings. The molecular weight excluding hydrogens is 543 g/mol. The summed E-state index contributed by atoms with van der Waals surface area (Å²) in [5, 5.41) is 16.7. The number of nitrogens with zero attached hydrogens (tertiary/aromatic N) is 4. The van der Waals surface area contributed by atoms with E-state index in [1.165, 1.54) is 0 Å². The number of imidazole rings is 1. The Balaban J connectivity index is 1.62. The Morgan fingerprint density at radius 3 is 2.74 bits per heavy atom. The number of methoxy groups -OCH3 is 1. The van der Waals surface area contributed by atoms with Gasteiger partial charge in [-0.25, -0.2) is 4.98 Å². The summed E-state index contributed by atoms with van der Waals surface area (Å²) in [7, 11) is 1.63. The van der Waals surface area contributed by atoms with Crippen LogP contribution in [0.2, 0.25) is 10.0 Å². The van der Waals surface area contributed by atoms with Crippen LogP contribution < -0.4 is 10.6 Å². The van der Waals surface area contributed by atoms with Crippen LogP contribution in [0.25, 0.3) is 0 Å². The van der Waals surface area contributed by atoms with Crippen LogP contribution in [0.3, 0.4) is 0 Å². The molecule has 2 N–H and O–H groups in total. The smallest absolute Gasteiger partial charge is 0.226 e. The molecule has 0 saturated heterocycles. The van der Waals surface area contributed by atoms with Gasteiger partial charge < -0.3 is 24.8 Å². The van der Waals surface area contributed by atoms with Crippen molar-refractivity contribution in [1.29, 1.82) is 5.26 Å². The number of carbonyl (C=O) groups is 1. The van der Waals surface area contributed by atoms with E-state index < -0.39 is 0 Å². The number of thiocarbonyl (C=S) groups is 1. The maximum atomic E-state index is 12.9. The van der Waals surface area contributed by atoms with E-state index in [0.717, 1.165) is 16.8 Å². The fourth-order valence-corrected chi connectivity index (χ4v) is 4.47. The standard InChI is InChI=1S/C27H30Cl2N6O2S/c1-19(15-34(27(38)32-10-11-37-2)17-22-4-3-5-24(28)26(22)29)33-25(36)12-23-14-31-18-35(23)16-21-8-6-20(13-30)7-9-21/h3-9,14,18-19H,10-12,15-17H2,1-2H3,(H,32,38)(H,33,36)/t19-/m0/s1. The van der Waals surface area contributed by atoms with Gasteiger partial charge in [-0.05, 0) is 48.5 Å². The number of benzene rings is 2. The van der Waals surface area contributed by atoms with Crippen molar-refractivity contribution in [2.75, 3.05) is 26.8 Å². The highest BCUT2D eigenvalue weighted by Gasteiger charge is 2.18. The van der Waals surface area contributed by atoms with Gasteiger partial charge in [-0.15, -0.1) is 0 Å². The van der Waals surface area contributed by atoms with Gasteiger partial charge >= 0.3 is 0 Å². The van der Waals surface area contributed by atoms with Gasteiger partial charge in [0.05, 0.1) is 41.0 Å². The first-order chi connectivity index (χ1) is 18.3. The van der Waals surface area contributed by atoms with Crippen LogP contribution in [-0.4, -0.2) is 58.3 Å². The highest BCUT2D eigenvalue weighted by Crippen LogP contribution is 2.26. The van der Waals surface area contributed by atoms with E-state index in [1.807, 2.05) is 40.7 Å². The lowest BCUT2D eigenvalue weighted by Gasteiger charge is -2.29. The lowest BCUT2D eigenvalue weighted by molar-refractivity contribution is -0.121. The number of aromatic nitrogens is 2. The summed E-state index contributed by atoms with van der Waals surface area (Å²) in [6.07, 6.45) is 3.57. The van der Waals surface area contributed by atoms with Crippen LogP contribution >= 0.6 is 35.4 Å². The van der Waals surface area contributed by atoms with E-state index in [9.17, 15) is 4.79 Å². The van der Waals surface area contributed by atoms with Crippen molar-refractivity contribution in [3.63, 3.8) is 0 Å². The molecule has 0 radical (unpaired) electrons. The molecule has 1 heterocycles. The highest BCUT2D eigenvalue weighted by molar-refractivity contribution is 7.80. The van der Waals surface area contributed by atoms with Gasteiger partial charge in [0.15, 0.2) is 5.11 Å². The maximum Gasteiger partial charge on any atom is 0.226 e. The molecule has 0 saturated carbocycles. The molecular formula is C27H30Cl2N6O2S. The maximum absolute atomic E-state index is 12.9. The van der Waals surface area contributed by atoms with Crippen molar-refractivity contribution >= 4 is 46.4 Å². The largest absolute Gasteiger partial charge is 0.383 e. The van der Waals surface area contributed by atoms with Crippen LogP contribution in [0.15, 0.2) is 55.0 Å². The van der Waals surface area contributed by atoms with Gasteiger partial charge in [0.25, 0.3) is 0 Å². The molecule has 11 heteroatoms. The van der Waals surface area contributed by atoms with Crippen LogP contribution in [0, 0.1) is 11.3 Å². The Labute approximate surface area is 238 Å². The number of hydrogen-bond donors (Lipinski definition) is 2. The van der Waals surface area contributed by atoms with Gasteiger partial charge in [0, 0.05) is 51.2 Å². The number of nitriles is 1. The molecule has 0 aliphatic heterocycles. The van der Waals surface area contributed by atoms with E-state index in [0.29, 0.717) is 53.5 Å². The first-order valence-corrected chi connectivity index (χ1v) is 13.2. The van der Waals surface area contributed by atoms with Crippen molar-refractivity contribution in [2.24, 2.45) is 0 Å². The number of nitrogens with one attached hydrogen (secondary N) is 2. The number of halogens is 2. The number of rotatable bonds is 12. The zero-order valence-electron chi connectivity index (χ0n) is 21.3. The summed E-state index contributed by atoms with van der Waals surface area (Å²) in [5.74, 6) is -0.127. The van der Waals surface area contributed by atoms with Gasteiger partial charge in [-0.2, -0.15) is 5.26 Å². The minimum atomic E-state index is -0.211. The van der Waals surface area contributed by atoms with Crippen molar-refractivity contribution in [3.8, 4) is 6.07 Å². The fourth-order valence-electron chi connectivity index (χ4n) is 3.85. The average Bonchev–Trinajstić information content (AvgIpc) is 3.32. The zero-order chi connectivity index (χ0) is 27.5. The van der Waals surface area contributed by atoms with Crippen LogP contribution in [0.1, 0.15) is 29.3 Å². The van der Waals surface area contributed by atoms with E-state index in [2.05, 4.69) is 21.7 Å². The third-order valence-electron chi connectivity index (χ3n) is 5.74. The molecule has 2 aromatic carbocycles. The number of carbonyl (C=O) groups excluding carboxylic acids is 1. The van der Waals surface area contributed by atoms with Gasteiger partial charge in [-0.3, -0.25) is 4.79 Å². The number of hydrogen-bond acceptors (Lipinski definition) is 5. The topological polar surface area (TPSA) is 95.2 Å². The number of ether oxygens (including phenoxy) is 1. The van der Waals surface area contributed by atoms with E-state index in [-0.39, 0.29) is 18.4 Å². The predicted octanol–water partition coefficient (Wildman–Crippen LogP) is 4.18. The number of amides is 1. The molecule has 1 aromatic heterocycles. The summed E-state index contributed by atoms with van der Waals surface area (Å²) in [6, 6.07) is 14.7. The van der Waals surface area contributed by atoms with Crippen LogP contribution in [0.5, 0.6) is 0 Å². The molecule has 1 amide bonds. The van der Waals surface area contributed by atoms with E-state index >= 15 is 0 Å². The second-order valence-corrected chi connectivity index (χ2v) is 9.96. The Kier molecular flexibility index (Phi) is 11.4. The van der Waals surface area contributed by atoms with Crippen molar-refractivity contribution in [3.05, 3.63) is 87.4 Å². The summed E-state index contributed by atoms with van der Waals surface area (Å²) in [4.78, 5) is 19.1. The second kappa shape index (κ2) is 14.7. The third kappa shape index (κ3) is 8.71. The first kappa shape index (κ1) is 29.4. The monoisotopic (exact) mass is 572 g/mol. The van der Waals surface area contributed by atoms with Crippen LogP contribution in [-0.2, 0) is 29.0 Å². The fraction of sp³-hybridized carbons (Fsp3) is 0.333. The molecule has 200 valence electrons. The second-order valence-electron chi connectivity index (χ2n) is 8.79. The Hall–Kier alpha value is -3.16. The SMILES string of the molecule is COCCNC(=S)N(Cc1cccc(Cl)c1Cl)C[C@H](C)NC(=O)Cc1cncn1Cc1ccc(C#N)cc1. The zero-order valence-corrected chi connectivity index (χ0v) is 23.6. The summed E-state index contributed by atoms with van der Waals surface area (Å²) in [5.41, 5.74) is 3.24. The molecule has 0 aliphatic rings. The molecule has 38 heavy (non-hydrogen) atoms. The molecule has 0 bridgehead atoms. The summed E-state index contributed by atoms with van der Waals surface area (Å²) >= 11 is 18.3. The molecule has 8 nitrogen and oxygen atoms in total. The summed E-state index contributed by atoms with van der Waals surface area (Å²) < 4.78 is 7.03. The molecule has 0 unspecified atom stereocenters. The minimum absolute atomic E-state index is 0.127. The third-order valence-corrected chi connectivity index (χ3v) is 7.00. The lowest BCUT2D eigenvalue weighted by Crippen LogP contribution is -2.48. The molecule has 3 aromatic rings. The van der Waals surface area contributed by atoms with Crippen molar-refractivity contribution in [1.82, 2.24) is 25.1 Å². The molecule has 1 atom stereocenters. The molecule has 0 aliphatic carbocycles. The molecule has 3 rings (SSSR count). The normalized spacial score (nSPS) is 11.4. The van der Waals surface area contributed by atoms with E-state index in [1.54, 1.807) is 37.8 Å². The molecule has 0 spiro atoms. The lowest BCUT2D eigenvalue weighted by atomic mass is 10.1. The van der Waals surface area contributed by atoms with Gasteiger partial charge in [0.1, 0.15) is 0 Å². The van der Waals surface area contributed by atoms with Crippen LogP contribution in [0.4, 0.5) is 0 Å². The Bertz CT molecular complexity index is 1280. The summed E-state index contributed by atoms with van der Waals surface area (Å²) in [6.45, 7) is 4.43. The van der Waals surface area contributed by atoms with E-state index in [4.69, 9.17) is 45.4 Å². The quantitative estimate of drug-likeness (QED) is 0.248. The Morgan fingerprint density at radius 2 is 2.03 bits per heavy atom. The van der Waals surface area contributed by atoms with Crippen molar-refractivity contribution < 1.29 is 9.53 Å². The minimum Gasteiger partial charge on any atom is -0.383 e. The highest BCUT2D eigenvalue weighted by atomic mass is 35.5.